The molecule has 1 aliphatic rings. The molecule has 3 rings (SSSR count). The maximum absolute atomic E-state index is 13.7. The molecule has 4 heteroatoms. The van der Waals surface area contributed by atoms with E-state index in [1.54, 1.807) is 12.1 Å². The molecule has 0 bridgehead atoms. The Hall–Kier alpha value is -1.00. The van der Waals surface area contributed by atoms with Crippen molar-refractivity contribution in [1.82, 2.24) is 0 Å². The summed E-state index contributed by atoms with van der Waals surface area (Å²) in [7, 11) is 0. The molecule has 1 heterocycles. The van der Waals surface area contributed by atoms with Crippen LogP contribution in [0.15, 0.2) is 51.8 Å². The lowest BCUT2D eigenvalue weighted by Gasteiger charge is -2.14. The minimum atomic E-state index is -0.206. The minimum Gasteiger partial charge on any atom is -0.382 e. The topological polar surface area (TPSA) is 12.0 Å². The van der Waals surface area contributed by atoms with Gasteiger partial charge in [-0.15, -0.1) is 11.8 Å². The highest BCUT2D eigenvalue weighted by atomic mass is 79.9. The SMILES string of the molecule is Fc1ccc(Br)cc1NCC1CSc2ccccc21. The number of rotatable bonds is 3. The van der Waals surface area contributed by atoms with Gasteiger partial charge in [0.1, 0.15) is 5.82 Å². The number of hydrogen-bond acceptors (Lipinski definition) is 2. The molecular weight excluding hydrogens is 325 g/mol. The second-order valence-electron chi connectivity index (χ2n) is 4.55. The van der Waals surface area contributed by atoms with Crippen LogP contribution in [-0.4, -0.2) is 12.3 Å². The van der Waals surface area contributed by atoms with Crippen molar-refractivity contribution in [2.45, 2.75) is 10.8 Å². The van der Waals surface area contributed by atoms with Crippen LogP contribution in [0.3, 0.4) is 0 Å². The van der Waals surface area contributed by atoms with E-state index < -0.39 is 0 Å². The summed E-state index contributed by atoms with van der Waals surface area (Å²) in [6.45, 7) is 0.761. The molecule has 1 unspecified atom stereocenters. The largest absolute Gasteiger partial charge is 0.382 e. The van der Waals surface area contributed by atoms with E-state index in [0.717, 1.165) is 16.8 Å². The van der Waals surface area contributed by atoms with Gasteiger partial charge in [-0.05, 0) is 29.8 Å². The van der Waals surface area contributed by atoms with Crippen LogP contribution in [0, 0.1) is 5.82 Å². The minimum absolute atomic E-state index is 0.206. The summed E-state index contributed by atoms with van der Waals surface area (Å²) < 4.78 is 14.5. The molecule has 0 aliphatic carbocycles. The lowest BCUT2D eigenvalue weighted by Crippen LogP contribution is -2.13. The number of benzene rings is 2. The summed E-state index contributed by atoms with van der Waals surface area (Å²) in [4.78, 5) is 1.35. The first-order chi connectivity index (χ1) is 9.24. The van der Waals surface area contributed by atoms with E-state index in [4.69, 9.17) is 0 Å². The highest BCUT2D eigenvalue weighted by Gasteiger charge is 2.22. The van der Waals surface area contributed by atoms with Crippen molar-refractivity contribution in [3.63, 3.8) is 0 Å². The molecule has 1 nitrogen and oxygen atoms in total. The van der Waals surface area contributed by atoms with Gasteiger partial charge in [0.15, 0.2) is 0 Å². The Balaban J connectivity index is 1.72. The number of anilines is 1. The third kappa shape index (κ3) is 2.79. The van der Waals surface area contributed by atoms with Gasteiger partial charge in [-0.2, -0.15) is 0 Å². The smallest absolute Gasteiger partial charge is 0.146 e. The predicted octanol–water partition coefficient (Wildman–Crippen LogP) is 4.89. The zero-order valence-electron chi connectivity index (χ0n) is 10.2. The normalized spacial score (nSPS) is 17.3. The monoisotopic (exact) mass is 337 g/mol. The van der Waals surface area contributed by atoms with E-state index in [0.29, 0.717) is 11.6 Å². The van der Waals surface area contributed by atoms with Gasteiger partial charge in [0, 0.05) is 27.6 Å². The zero-order chi connectivity index (χ0) is 13.2. The van der Waals surface area contributed by atoms with Crippen molar-refractivity contribution in [3.05, 3.63) is 58.3 Å². The molecule has 1 atom stereocenters. The molecule has 0 fully saturated rings. The Morgan fingerprint density at radius 1 is 1.26 bits per heavy atom. The van der Waals surface area contributed by atoms with Crippen LogP contribution in [-0.2, 0) is 0 Å². The zero-order valence-corrected chi connectivity index (χ0v) is 12.6. The van der Waals surface area contributed by atoms with Gasteiger partial charge < -0.3 is 5.32 Å². The van der Waals surface area contributed by atoms with Crippen LogP contribution >= 0.6 is 27.7 Å². The maximum Gasteiger partial charge on any atom is 0.146 e. The van der Waals surface area contributed by atoms with Gasteiger partial charge in [0.05, 0.1) is 5.69 Å². The molecule has 19 heavy (non-hydrogen) atoms. The van der Waals surface area contributed by atoms with Gasteiger partial charge in [0.25, 0.3) is 0 Å². The summed E-state index contributed by atoms with van der Waals surface area (Å²) in [6, 6.07) is 13.4. The van der Waals surface area contributed by atoms with Crippen LogP contribution < -0.4 is 5.32 Å². The van der Waals surface area contributed by atoms with E-state index in [1.807, 2.05) is 11.8 Å². The Morgan fingerprint density at radius 2 is 2.11 bits per heavy atom. The fourth-order valence-electron chi connectivity index (χ4n) is 2.26. The summed E-state index contributed by atoms with van der Waals surface area (Å²) >= 11 is 5.24. The van der Waals surface area contributed by atoms with Gasteiger partial charge in [-0.1, -0.05) is 34.1 Å². The summed E-state index contributed by atoms with van der Waals surface area (Å²) in [5, 5.41) is 3.22. The Bertz CT molecular complexity index is 602. The lowest BCUT2D eigenvalue weighted by atomic mass is 10.0. The molecule has 0 radical (unpaired) electrons. The molecule has 1 aliphatic heterocycles. The molecule has 2 aromatic rings. The van der Waals surface area contributed by atoms with Crippen LogP contribution in [0.1, 0.15) is 11.5 Å². The van der Waals surface area contributed by atoms with E-state index >= 15 is 0 Å². The second-order valence-corrected chi connectivity index (χ2v) is 6.53. The van der Waals surface area contributed by atoms with Crippen LogP contribution in [0.2, 0.25) is 0 Å². The third-order valence-electron chi connectivity index (χ3n) is 3.27. The first-order valence-electron chi connectivity index (χ1n) is 6.14. The van der Waals surface area contributed by atoms with Crippen molar-refractivity contribution in [1.29, 1.82) is 0 Å². The van der Waals surface area contributed by atoms with Crippen molar-refractivity contribution in [2.75, 3.05) is 17.6 Å². The number of thioether (sulfide) groups is 1. The Morgan fingerprint density at radius 3 is 3.00 bits per heavy atom. The first-order valence-corrected chi connectivity index (χ1v) is 7.92. The Labute approximate surface area is 124 Å². The fraction of sp³-hybridized carbons (Fsp3) is 0.200. The molecule has 0 spiro atoms. The Kier molecular flexibility index (Phi) is 3.80. The van der Waals surface area contributed by atoms with Crippen molar-refractivity contribution >= 4 is 33.4 Å². The van der Waals surface area contributed by atoms with Crippen LogP contribution in [0.5, 0.6) is 0 Å². The number of nitrogens with one attached hydrogen (secondary N) is 1. The number of fused-ring (bicyclic) bond motifs is 1. The average Bonchev–Trinajstić information content (AvgIpc) is 2.83. The molecule has 2 aromatic carbocycles. The standard InChI is InChI=1S/C15H13BrFNS/c16-11-5-6-13(17)14(7-11)18-8-10-9-19-15-4-2-1-3-12(10)15/h1-7,10,18H,8-9H2. The van der Waals surface area contributed by atoms with Gasteiger partial charge in [0.2, 0.25) is 0 Å². The van der Waals surface area contributed by atoms with Crippen molar-refractivity contribution in [3.8, 4) is 0 Å². The quantitative estimate of drug-likeness (QED) is 0.855. The molecule has 0 amide bonds. The highest BCUT2D eigenvalue weighted by Crippen LogP contribution is 2.39. The van der Waals surface area contributed by atoms with E-state index in [9.17, 15) is 4.39 Å². The average molecular weight is 338 g/mol. The first kappa shape index (κ1) is 13.0. The second kappa shape index (κ2) is 5.55. The predicted molar refractivity (Wildman–Crippen MR) is 82.5 cm³/mol. The highest BCUT2D eigenvalue weighted by molar-refractivity contribution is 9.10. The summed E-state index contributed by atoms with van der Waals surface area (Å²) in [6.07, 6.45) is 0. The third-order valence-corrected chi connectivity index (χ3v) is 5.01. The molecule has 0 saturated carbocycles. The van der Waals surface area contributed by atoms with Crippen molar-refractivity contribution < 1.29 is 4.39 Å². The summed E-state index contributed by atoms with van der Waals surface area (Å²) in [5.41, 5.74) is 1.93. The fourth-order valence-corrected chi connectivity index (χ4v) is 3.88. The number of halogens is 2. The van der Waals surface area contributed by atoms with Crippen molar-refractivity contribution in [2.24, 2.45) is 0 Å². The lowest BCUT2D eigenvalue weighted by molar-refractivity contribution is 0.628. The molecule has 0 aromatic heterocycles. The van der Waals surface area contributed by atoms with Crippen LogP contribution in [0.25, 0.3) is 0 Å². The molecule has 1 N–H and O–H groups in total. The molecular formula is C15H13BrFNS. The van der Waals surface area contributed by atoms with Gasteiger partial charge >= 0.3 is 0 Å². The summed E-state index contributed by atoms with van der Waals surface area (Å²) in [5.74, 6) is 1.30. The number of hydrogen-bond donors (Lipinski definition) is 1. The molecule has 98 valence electrons. The van der Waals surface area contributed by atoms with E-state index in [1.165, 1.54) is 16.5 Å². The van der Waals surface area contributed by atoms with E-state index in [2.05, 4.69) is 45.5 Å². The van der Waals surface area contributed by atoms with Gasteiger partial charge in [-0.25, -0.2) is 4.39 Å². The van der Waals surface area contributed by atoms with E-state index in [-0.39, 0.29) is 5.82 Å². The maximum atomic E-state index is 13.7. The molecule has 0 saturated heterocycles. The van der Waals surface area contributed by atoms with Crippen LogP contribution in [0.4, 0.5) is 10.1 Å². The van der Waals surface area contributed by atoms with Gasteiger partial charge in [-0.3, -0.25) is 0 Å².